The molecule has 2 unspecified atom stereocenters. The van der Waals surface area contributed by atoms with E-state index in [9.17, 15) is 5.11 Å². The highest BCUT2D eigenvalue weighted by Crippen LogP contribution is 2.41. The Labute approximate surface area is 127 Å². The average Bonchev–Trinajstić information content (AvgIpc) is 2.85. The highest BCUT2D eigenvalue weighted by molar-refractivity contribution is 14.1. The van der Waals surface area contributed by atoms with Gasteiger partial charge in [0.1, 0.15) is 0 Å². The molecule has 1 aliphatic rings. The number of fused-ring (bicyclic) bond motifs is 1. The minimum atomic E-state index is -0.456. The molecule has 0 radical (unpaired) electrons. The fourth-order valence-corrected chi connectivity index (χ4v) is 3.55. The van der Waals surface area contributed by atoms with Gasteiger partial charge in [-0.25, -0.2) is 0 Å². The molecule has 0 spiro atoms. The lowest BCUT2D eigenvalue weighted by atomic mass is 9.92. The monoisotopic (exact) mass is 365 g/mol. The predicted octanol–water partition coefficient (Wildman–Crippen LogP) is 3.76. The number of hydrogen-bond acceptors (Lipinski definition) is 2. The van der Waals surface area contributed by atoms with E-state index in [2.05, 4.69) is 46.6 Å². The quantitative estimate of drug-likeness (QED) is 0.823. The van der Waals surface area contributed by atoms with E-state index in [-0.39, 0.29) is 5.92 Å². The highest BCUT2D eigenvalue weighted by atomic mass is 127. The molecule has 0 saturated carbocycles. The molecule has 0 amide bonds. The van der Waals surface area contributed by atoms with Gasteiger partial charge in [0, 0.05) is 21.4 Å². The molecular formula is C16H16INO. The van der Waals surface area contributed by atoms with Crippen molar-refractivity contribution in [1.82, 2.24) is 4.98 Å². The van der Waals surface area contributed by atoms with E-state index >= 15 is 0 Å². The summed E-state index contributed by atoms with van der Waals surface area (Å²) in [6.45, 7) is 2.08. The number of aliphatic hydroxyl groups excluding tert-OH is 1. The molecular weight excluding hydrogens is 349 g/mol. The Hall–Kier alpha value is -0.940. The largest absolute Gasteiger partial charge is 0.388 e. The lowest BCUT2D eigenvalue weighted by Crippen LogP contribution is -2.11. The van der Waals surface area contributed by atoms with Crippen molar-refractivity contribution in [3.05, 3.63) is 62.5 Å². The molecule has 0 fully saturated rings. The second kappa shape index (κ2) is 5.21. The van der Waals surface area contributed by atoms with Crippen molar-refractivity contribution in [3.8, 4) is 0 Å². The SMILES string of the molecule is Cc1cccc(C(O)C2CCc3cccnc32)c1I. The maximum atomic E-state index is 10.7. The summed E-state index contributed by atoms with van der Waals surface area (Å²) >= 11 is 2.33. The first-order valence-corrected chi connectivity index (χ1v) is 7.63. The van der Waals surface area contributed by atoms with Gasteiger partial charge in [0.15, 0.2) is 0 Å². The smallest absolute Gasteiger partial charge is 0.0884 e. The summed E-state index contributed by atoms with van der Waals surface area (Å²) in [6, 6.07) is 10.2. The van der Waals surface area contributed by atoms with Crippen molar-refractivity contribution in [1.29, 1.82) is 0 Å². The van der Waals surface area contributed by atoms with Crippen LogP contribution in [-0.4, -0.2) is 10.1 Å². The molecule has 0 saturated heterocycles. The van der Waals surface area contributed by atoms with Gasteiger partial charge in [-0.05, 0) is 65.1 Å². The molecule has 0 bridgehead atoms. The van der Waals surface area contributed by atoms with Crippen molar-refractivity contribution < 1.29 is 5.11 Å². The lowest BCUT2D eigenvalue weighted by Gasteiger charge is -2.20. The fraction of sp³-hybridized carbons (Fsp3) is 0.312. The number of rotatable bonds is 2. The van der Waals surface area contributed by atoms with Crippen molar-refractivity contribution in [2.75, 3.05) is 0 Å². The first-order valence-electron chi connectivity index (χ1n) is 6.55. The third-order valence-electron chi connectivity index (χ3n) is 3.92. The van der Waals surface area contributed by atoms with Crippen LogP contribution < -0.4 is 0 Å². The Kier molecular flexibility index (Phi) is 3.58. The number of halogens is 1. The molecule has 3 rings (SSSR count). The fourth-order valence-electron chi connectivity index (χ4n) is 2.87. The summed E-state index contributed by atoms with van der Waals surface area (Å²) < 4.78 is 1.16. The first-order chi connectivity index (χ1) is 9.18. The number of pyridine rings is 1. The van der Waals surface area contributed by atoms with Crippen LogP contribution in [0.2, 0.25) is 0 Å². The van der Waals surface area contributed by atoms with Crippen LogP contribution in [0.15, 0.2) is 36.5 Å². The maximum absolute atomic E-state index is 10.7. The van der Waals surface area contributed by atoms with E-state index in [0.717, 1.165) is 27.7 Å². The molecule has 1 aromatic carbocycles. The van der Waals surface area contributed by atoms with E-state index in [1.807, 2.05) is 24.4 Å². The summed E-state index contributed by atoms with van der Waals surface area (Å²) in [5.74, 6) is 0.131. The molecule has 1 aliphatic carbocycles. The molecule has 2 nitrogen and oxygen atoms in total. The molecule has 19 heavy (non-hydrogen) atoms. The van der Waals surface area contributed by atoms with Crippen LogP contribution in [0.5, 0.6) is 0 Å². The van der Waals surface area contributed by atoms with E-state index in [0.29, 0.717) is 0 Å². The summed E-state index contributed by atoms with van der Waals surface area (Å²) in [5.41, 5.74) is 4.61. The van der Waals surface area contributed by atoms with Crippen molar-refractivity contribution in [2.45, 2.75) is 31.8 Å². The highest BCUT2D eigenvalue weighted by Gasteiger charge is 2.31. The number of aryl methyl sites for hydroxylation is 2. The third-order valence-corrected chi connectivity index (χ3v) is 5.40. The Morgan fingerprint density at radius 3 is 3.00 bits per heavy atom. The van der Waals surface area contributed by atoms with Gasteiger partial charge in [-0.1, -0.05) is 24.3 Å². The van der Waals surface area contributed by atoms with Crippen LogP contribution in [0.1, 0.15) is 40.8 Å². The number of aromatic nitrogens is 1. The molecule has 1 aromatic heterocycles. The van der Waals surface area contributed by atoms with Crippen LogP contribution in [0, 0.1) is 10.5 Å². The van der Waals surface area contributed by atoms with Gasteiger partial charge in [-0.2, -0.15) is 0 Å². The van der Waals surface area contributed by atoms with Crippen LogP contribution >= 0.6 is 22.6 Å². The second-order valence-corrected chi connectivity index (χ2v) is 6.19. The summed E-state index contributed by atoms with van der Waals surface area (Å²) in [4.78, 5) is 4.48. The Morgan fingerprint density at radius 2 is 2.16 bits per heavy atom. The number of nitrogens with zero attached hydrogens (tertiary/aromatic N) is 1. The zero-order valence-corrected chi connectivity index (χ0v) is 13.0. The summed E-state index contributed by atoms with van der Waals surface area (Å²) in [7, 11) is 0. The van der Waals surface area contributed by atoms with E-state index < -0.39 is 6.10 Å². The number of hydrogen-bond donors (Lipinski definition) is 1. The Bertz CT molecular complexity index is 611. The van der Waals surface area contributed by atoms with Gasteiger partial charge in [0.25, 0.3) is 0 Å². The molecule has 2 aromatic rings. The minimum absolute atomic E-state index is 0.131. The topological polar surface area (TPSA) is 33.1 Å². The van der Waals surface area contributed by atoms with Gasteiger partial charge >= 0.3 is 0 Å². The second-order valence-electron chi connectivity index (χ2n) is 5.12. The minimum Gasteiger partial charge on any atom is -0.388 e. The molecule has 2 atom stereocenters. The van der Waals surface area contributed by atoms with Gasteiger partial charge in [0.05, 0.1) is 6.10 Å². The number of aliphatic hydroxyl groups is 1. The first kappa shape index (κ1) is 13.1. The normalized spacial score (nSPS) is 19.2. The van der Waals surface area contributed by atoms with E-state index in [1.165, 1.54) is 11.1 Å². The number of benzene rings is 1. The van der Waals surface area contributed by atoms with Gasteiger partial charge in [-0.3, -0.25) is 4.98 Å². The summed E-state index contributed by atoms with van der Waals surface area (Å²) in [6.07, 6.45) is 3.37. The van der Waals surface area contributed by atoms with E-state index in [4.69, 9.17) is 0 Å². The van der Waals surface area contributed by atoms with Crippen molar-refractivity contribution in [3.63, 3.8) is 0 Å². The van der Waals surface area contributed by atoms with Gasteiger partial charge in [-0.15, -0.1) is 0 Å². The molecule has 3 heteroatoms. The van der Waals surface area contributed by atoms with Gasteiger partial charge < -0.3 is 5.11 Å². The lowest BCUT2D eigenvalue weighted by molar-refractivity contribution is 0.142. The maximum Gasteiger partial charge on any atom is 0.0884 e. The molecule has 98 valence electrons. The molecule has 1 heterocycles. The Morgan fingerprint density at radius 1 is 1.32 bits per heavy atom. The zero-order chi connectivity index (χ0) is 13.4. The zero-order valence-electron chi connectivity index (χ0n) is 10.8. The third kappa shape index (κ3) is 2.30. The molecule has 0 aliphatic heterocycles. The van der Waals surface area contributed by atoms with E-state index in [1.54, 1.807) is 0 Å². The van der Waals surface area contributed by atoms with Crippen LogP contribution in [-0.2, 0) is 6.42 Å². The van der Waals surface area contributed by atoms with Gasteiger partial charge in [0.2, 0.25) is 0 Å². The van der Waals surface area contributed by atoms with Crippen molar-refractivity contribution in [2.24, 2.45) is 0 Å². The summed E-state index contributed by atoms with van der Waals surface area (Å²) in [5, 5.41) is 10.7. The van der Waals surface area contributed by atoms with Crippen LogP contribution in [0.3, 0.4) is 0 Å². The standard InChI is InChI=1S/C16H16INO/c1-10-4-2-6-12(14(10)17)16(19)13-8-7-11-5-3-9-18-15(11)13/h2-6,9,13,16,19H,7-8H2,1H3. The van der Waals surface area contributed by atoms with Crippen molar-refractivity contribution >= 4 is 22.6 Å². The van der Waals surface area contributed by atoms with Crippen LogP contribution in [0.25, 0.3) is 0 Å². The Balaban J connectivity index is 1.98. The van der Waals surface area contributed by atoms with Crippen LogP contribution in [0.4, 0.5) is 0 Å². The predicted molar refractivity (Wildman–Crippen MR) is 84.2 cm³/mol. The molecule has 1 N–H and O–H groups in total. The average molecular weight is 365 g/mol.